The summed E-state index contributed by atoms with van der Waals surface area (Å²) >= 11 is 0. The minimum atomic E-state index is -0.274. The van der Waals surface area contributed by atoms with Crippen molar-refractivity contribution < 1.29 is 9.18 Å². The highest BCUT2D eigenvalue weighted by atomic mass is 19.1. The van der Waals surface area contributed by atoms with E-state index in [9.17, 15) is 9.18 Å². The van der Waals surface area contributed by atoms with Crippen molar-refractivity contribution in [1.82, 2.24) is 4.90 Å². The van der Waals surface area contributed by atoms with E-state index in [4.69, 9.17) is 5.73 Å². The number of hydrogen-bond donors (Lipinski definition) is 1. The Morgan fingerprint density at radius 3 is 2.75 bits per heavy atom. The molecule has 0 radical (unpaired) electrons. The van der Waals surface area contributed by atoms with Gasteiger partial charge in [0, 0.05) is 31.6 Å². The number of amides is 1. The quantitative estimate of drug-likeness (QED) is 0.924. The highest BCUT2D eigenvalue weighted by Crippen LogP contribution is 2.31. The molecule has 1 heterocycles. The Morgan fingerprint density at radius 1 is 1.35 bits per heavy atom. The Labute approximate surface area is 120 Å². The summed E-state index contributed by atoms with van der Waals surface area (Å²) < 4.78 is 14.0. The molecular weight excluding hydrogens is 255 g/mol. The zero-order chi connectivity index (χ0) is 14.8. The molecule has 1 fully saturated rings. The molecule has 1 aromatic rings. The molecule has 110 valence electrons. The Hall–Kier alpha value is -1.42. The van der Waals surface area contributed by atoms with E-state index in [1.165, 1.54) is 6.07 Å². The first-order valence-corrected chi connectivity index (χ1v) is 7.16. The second kappa shape index (κ2) is 5.92. The Balaban J connectivity index is 2.10. The maximum atomic E-state index is 14.0. The van der Waals surface area contributed by atoms with Crippen LogP contribution < -0.4 is 5.73 Å². The molecule has 0 spiro atoms. The number of benzene rings is 1. The van der Waals surface area contributed by atoms with Crippen molar-refractivity contribution in [2.75, 3.05) is 6.54 Å². The van der Waals surface area contributed by atoms with Crippen LogP contribution in [0.25, 0.3) is 0 Å². The molecule has 0 atom stereocenters. The summed E-state index contributed by atoms with van der Waals surface area (Å²) in [4.78, 5) is 13.9. The fourth-order valence-electron chi connectivity index (χ4n) is 2.51. The van der Waals surface area contributed by atoms with Gasteiger partial charge in [-0.3, -0.25) is 4.79 Å². The summed E-state index contributed by atoms with van der Waals surface area (Å²) in [6.45, 7) is 5.74. The predicted molar refractivity (Wildman–Crippen MR) is 77.3 cm³/mol. The van der Waals surface area contributed by atoms with Crippen LogP contribution in [-0.2, 0) is 17.9 Å². The van der Waals surface area contributed by atoms with Crippen molar-refractivity contribution in [3.63, 3.8) is 0 Å². The van der Waals surface area contributed by atoms with Crippen LogP contribution >= 0.6 is 0 Å². The highest BCUT2D eigenvalue weighted by molar-refractivity contribution is 5.76. The van der Waals surface area contributed by atoms with Crippen LogP contribution in [0.1, 0.15) is 44.2 Å². The lowest BCUT2D eigenvalue weighted by molar-refractivity contribution is -0.131. The molecule has 2 rings (SSSR count). The van der Waals surface area contributed by atoms with Crippen molar-refractivity contribution >= 4 is 5.91 Å². The zero-order valence-electron chi connectivity index (χ0n) is 12.3. The average Bonchev–Trinajstić information content (AvgIpc) is 2.53. The van der Waals surface area contributed by atoms with E-state index < -0.39 is 0 Å². The van der Waals surface area contributed by atoms with Gasteiger partial charge in [-0.05, 0) is 29.9 Å². The van der Waals surface area contributed by atoms with Gasteiger partial charge >= 0.3 is 0 Å². The fourth-order valence-corrected chi connectivity index (χ4v) is 2.51. The first kappa shape index (κ1) is 15.0. The van der Waals surface area contributed by atoms with Gasteiger partial charge in [0.15, 0.2) is 0 Å². The van der Waals surface area contributed by atoms with Gasteiger partial charge in [0.05, 0.1) is 0 Å². The van der Waals surface area contributed by atoms with E-state index in [1.807, 2.05) is 6.07 Å². The number of hydrogen-bond acceptors (Lipinski definition) is 2. The minimum absolute atomic E-state index is 0.123. The van der Waals surface area contributed by atoms with E-state index in [0.717, 1.165) is 18.4 Å². The Kier molecular flexibility index (Phi) is 4.43. The summed E-state index contributed by atoms with van der Waals surface area (Å²) in [6.07, 6.45) is 2.41. The lowest BCUT2D eigenvalue weighted by Gasteiger charge is -2.23. The van der Waals surface area contributed by atoms with E-state index in [0.29, 0.717) is 31.6 Å². The van der Waals surface area contributed by atoms with Crippen LogP contribution in [0.15, 0.2) is 18.2 Å². The van der Waals surface area contributed by atoms with E-state index >= 15 is 0 Å². The van der Waals surface area contributed by atoms with Crippen molar-refractivity contribution in [1.29, 1.82) is 0 Å². The van der Waals surface area contributed by atoms with Crippen molar-refractivity contribution in [3.8, 4) is 0 Å². The second-order valence-electron chi connectivity index (χ2n) is 6.36. The van der Waals surface area contributed by atoms with Crippen LogP contribution in [0.2, 0.25) is 0 Å². The molecule has 0 saturated carbocycles. The number of nitrogens with zero attached hydrogens (tertiary/aromatic N) is 1. The van der Waals surface area contributed by atoms with Crippen molar-refractivity contribution in [2.24, 2.45) is 11.1 Å². The van der Waals surface area contributed by atoms with Gasteiger partial charge in [-0.15, -0.1) is 0 Å². The molecule has 20 heavy (non-hydrogen) atoms. The molecule has 3 nitrogen and oxygen atoms in total. The molecule has 0 aromatic heterocycles. The monoisotopic (exact) mass is 278 g/mol. The Bertz CT molecular complexity index is 499. The molecule has 1 aliphatic heterocycles. The molecule has 1 aliphatic rings. The number of carbonyl (C=O) groups excluding carboxylic acids is 1. The zero-order valence-corrected chi connectivity index (χ0v) is 12.3. The number of nitrogens with two attached hydrogens (primary N) is 1. The molecule has 1 amide bonds. The maximum Gasteiger partial charge on any atom is 0.222 e. The summed E-state index contributed by atoms with van der Waals surface area (Å²) in [5, 5.41) is 0. The first-order chi connectivity index (χ1) is 9.41. The van der Waals surface area contributed by atoms with Gasteiger partial charge in [-0.25, -0.2) is 4.39 Å². The smallest absolute Gasteiger partial charge is 0.222 e. The number of halogens is 1. The Morgan fingerprint density at radius 2 is 2.10 bits per heavy atom. The van der Waals surface area contributed by atoms with Crippen LogP contribution in [0.4, 0.5) is 4.39 Å². The summed E-state index contributed by atoms with van der Waals surface area (Å²) in [6, 6.07) is 5.02. The molecule has 0 unspecified atom stereocenters. The third-order valence-corrected chi connectivity index (χ3v) is 4.14. The van der Waals surface area contributed by atoms with Gasteiger partial charge in [0.25, 0.3) is 0 Å². The van der Waals surface area contributed by atoms with E-state index in [-0.39, 0.29) is 17.1 Å². The predicted octanol–water partition coefficient (Wildman–Crippen LogP) is 2.82. The maximum absolute atomic E-state index is 14.0. The van der Waals surface area contributed by atoms with Crippen LogP contribution in [0.5, 0.6) is 0 Å². The third kappa shape index (κ3) is 3.57. The highest BCUT2D eigenvalue weighted by Gasteiger charge is 2.27. The normalized spacial score (nSPS) is 19.0. The largest absolute Gasteiger partial charge is 0.338 e. The third-order valence-electron chi connectivity index (χ3n) is 4.14. The minimum Gasteiger partial charge on any atom is -0.338 e. The van der Waals surface area contributed by atoms with Gasteiger partial charge in [-0.2, -0.15) is 0 Å². The summed E-state index contributed by atoms with van der Waals surface area (Å²) in [7, 11) is 0. The van der Waals surface area contributed by atoms with Crippen molar-refractivity contribution in [3.05, 3.63) is 35.1 Å². The van der Waals surface area contributed by atoms with Crippen LogP contribution in [0, 0.1) is 11.2 Å². The summed E-state index contributed by atoms with van der Waals surface area (Å²) in [5.74, 6) is -0.151. The molecule has 2 N–H and O–H groups in total. The van der Waals surface area contributed by atoms with Crippen molar-refractivity contribution in [2.45, 2.75) is 46.2 Å². The number of carbonyl (C=O) groups is 1. The van der Waals surface area contributed by atoms with Crippen LogP contribution in [-0.4, -0.2) is 17.4 Å². The van der Waals surface area contributed by atoms with Gasteiger partial charge in [0.1, 0.15) is 5.82 Å². The number of rotatable bonds is 3. The van der Waals surface area contributed by atoms with E-state index in [1.54, 1.807) is 11.0 Å². The van der Waals surface area contributed by atoms with Gasteiger partial charge in [-0.1, -0.05) is 26.0 Å². The number of likely N-dealkylation sites (tertiary alicyclic amines) is 1. The van der Waals surface area contributed by atoms with E-state index in [2.05, 4.69) is 13.8 Å². The molecule has 0 aliphatic carbocycles. The molecule has 1 saturated heterocycles. The fraction of sp³-hybridized carbons (Fsp3) is 0.562. The van der Waals surface area contributed by atoms with Gasteiger partial charge in [0.2, 0.25) is 5.91 Å². The molecule has 4 heteroatoms. The SMILES string of the molecule is CC1(C)CCC(=O)N(Cc2ccc(CN)cc2F)CC1. The van der Waals surface area contributed by atoms with Crippen LogP contribution in [0.3, 0.4) is 0 Å². The lowest BCUT2D eigenvalue weighted by atomic mass is 9.85. The standard InChI is InChI=1S/C16H23FN2O/c1-16(2)6-5-15(20)19(8-7-16)11-13-4-3-12(10-18)9-14(13)17/h3-4,9H,5-8,10-11,18H2,1-2H3. The first-order valence-electron chi connectivity index (χ1n) is 7.16. The molecular formula is C16H23FN2O. The topological polar surface area (TPSA) is 46.3 Å². The van der Waals surface area contributed by atoms with Gasteiger partial charge < -0.3 is 10.6 Å². The molecule has 0 bridgehead atoms. The summed E-state index contributed by atoms with van der Waals surface area (Å²) in [5.41, 5.74) is 7.02. The molecule has 1 aromatic carbocycles. The average molecular weight is 278 g/mol. The lowest BCUT2D eigenvalue weighted by Crippen LogP contribution is -2.30. The second-order valence-corrected chi connectivity index (χ2v) is 6.36.